The molecule has 20 heavy (non-hydrogen) atoms. The minimum atomic E-state index is -1.24. The van der Waals surface area contributed by atoms with E-state index in [9.17, 15) is 9.59 Å². The van der Waals surface area contributed by atoms with E-state index in [1.165, 1.54) is 7.05 Å². The molecule has 0 spiro atoms. The molecule has 1 aromatic heterocycles. The van der Waals surface area contributed by atoms with E-state index < -0.39 is 12.1 Å². The molecule has 2 rings (SSSR count). The molecular weight excluding hydrogens is 264 g/mol. The summed E-state index contributed by atoms with van der Waals surface area (Å²) in [6.45, 7) is 0.0787. The Balaban J connectivity index is 1.97. The molecule has 0 radical (unpaired) electrons. The van der Waals surface area contributed by atoms with Crippen LogP contribution < -0.4 is 5.32 Å². The van der Waals surface area contributed by atoms with Gasteiger partial charge in [-0.05, 0) is 5.56 Å². The van der Waals surface area contributed by atoms with Crippen LogP contribution in [0.25, 0.3) is 0 Å². The number of anilines is 1. The molecule has 1 aromatic carbocycles. The number of amides is 1. The zero-order valence-electron chi connectivity index (χ0n) is 10.6. The van der Waals surface area contributed by atoms with Crippen LogP contribution in [-0.2, 0) is 18.4 Å². The molecule has 0 aliphatic carbocycles. The van der Waals surface area contributed by atoms with Gasteiger partial charge in [-0.15, -0.1) is 5.10 Å². The second-order valence-electron chi connectivity index (χ2n) is 3.90. The van der Waals surface area contributed by atoms with E-state index in [1.54, 1.807) is 12.1 Å². The van der Waals surface area contributed by atoms with Crippen LogP contribution in [0.5, 0.6) is 0 Å². The molecule has 8 nitrogen and oxygen atoms in total. The topological polar surface area (TPSA) is 106 Å². The first-order valence-corrected chi connectivity index (χ1v) is 5.68. The van der Waals surface area contributed by atoms with Gasteiger partial charge in [0.1, 0.15) is 6.61 Å². The summed E-state index contributed by atoms with van der Waals surface area (Å²) in [4.78, 5) is 22.5. The number of carbonyl (C=O) groups is 2. The molecule has 0 aliphatic rings. The summed E-state index contributed by atoms with van der Waals surface area (Å²) in [5.41, 5.74) is 0.599. The molecule has 1 heterocycles. The Morgan fingerprint density at radius 3 is 2.70 bits per heavy atom. The molecule has 0 saturated carbocycles. The normalized spacial score (nSPS) is 10.1. The first-order chi connectivity index (χ1) is 9.58. The number of aromatic nitrogens is 3. The minimum absolute atomic E-state index is 0.0787. The molecule has 2 aromatic rings. The number of benzene rings is 1. The molecule has 0 atom stereocenters. The van der Waals surface area contributed by atoms with Crippen LogP contribution in [0.1, 0.15) is 16.1 Å². The van der Waals surface area contributed by atoms with E-state index in [1.807, 2.05) is 18.2 Å². The largest absolute Gasteiger partial charge is 0.476 e. The third-order valence-electron chi connectivity index (χ3n) is 2.46. The fourth-order valence-electron chi connectivity index (χ4n) is 1.54. The number of rotatable bonds is 4. The molecule has 0 saturated heterocycles. The van der Waals surface area contributed by atoms with Crippen LogP contribution >= 0.6 is 0 Å². The molecular formula is C12H12N4O4. The minimum Gasteiger partial charge on any atom is -0.476 e. The Morgan fingerprint density at radius 2 is 2.05 bits per heavy atom. The van der Waals surface area contributed by atoms with Crippen molar-refractivity contribution in [3.63, 3.8) is 0 Å². The molecule has 1 amide bonds. The third-order valence-corrected chi connectivity index (χ3v) is 2.46. The monoisotopic (exact) mass is 276 g/mol. The Morgan fingerprint density at radius 1 is 1.35 bits per heavy atom. The van der Waals surface area contributed by atoms with Crippen LogP contribution in [0.3, 0.4) is 0 Å². The summed E-state index contributed by atoms with van der Waals surface area (Å²) in [5.74, 6) is -1.39. The number of carboxylic acid groups (broad SMARTS) is 1. The van der Waals surface area contributed by atoms with Gasteiger partial charge in [0.05, 0.1) is 0 Å². The fraction of sp³-hybridized carbons (Fsp3) is 0.167. The van der Waals surface area contributed by atoms with Gasteiger partial charge in [-0.1, -0.05) is 35.5 Å². The van der Waals surface area contributed by atoms with Gasteiger partial charge in [-0.3, -0.25) is 5.32 Å². The van der Waals surface area contributed by atoms with Crippen LogP contribution in [0.2, 0.25) is 0 Å². The average molecular weight is 276 g/mol. The van der Waals surface area contributed by atoms with Gasteiger partial charge >= 0.3 is 12.1 Å². The van der Waals surface area contributed by atoms with Gasteiger partial charge in [0.2, 0.25) is 0 Å². The predicted octanol–water partition coefficient (Wildman–Crippen LogP) is 1.26. The van der Waals surface area contributed by atoms with E-state index in [2.05, 4.69) is 15.6 Å². The van der Waals surface area contributed by atoms with E-state index in [4.69, 9.17) is 9.84 Å². The number of nitrogens with one attached hydrogen (secondary N) is 1. The highest BCUT2D eigenvalue weighted by molar-refractivity contribution is 5.95. The van der Waals surface area contributed by atoms with Crippen LogP contribution in [0, 0.1) is 0 Å². The van der Waals surface area contributed by atoms with Crippen molar-refractivity contribution in [1.82, 2.24) is 15.0 Å². The summed E-state index contributed by atoms with van der Waals surface area (Å²) in [6.07, 6.45) is -0.795. The van der Waals surface area contributed by atoms with E-state index in [-0.39, 0.29) is 18.1 Å². The van der Waals surface area contributed by atoms with E-state index in [0.29, 0.717) is 0 Å². The lowest BCUT2D eigenvalue weighted by Gasteiger charge is -2.05. The van der Waals surface area contributed by atoms with E-state index >= 15 is 0 Å². The third kappa shape index (κ3) is 3.10. The Labute approximate surface area is 114 Å². The summed E-state index contributed by atoms with van der Waals surface area (Å²) >= 11 is 0. The van der Waals surface area contributed by atoms with Crippen molar-refractivity contribution in [1.29, 1.82) is 0 Å². The van der Waals surface area contributed by atoms with Gasteiger partial charge in [-0.25, -0.2) is 14.3 Å². The van der Waals surface area contributed by atoms with Crippen LogP contribution in [0.4, 0.5) is 10.6 Å². The van der Waals surface area contributed by atoms with Gasteiger partial charge in [-0.2, -0.15) is 0 Å². The molecule has 2 N–H and O–H groups in total. The second-order valence-corrected chi connectivity index (χ2v) is 3.90. The highest BCUT2D eigenvalue weighted by Crippen LogP contribution is 2.11. The lowest BCUT2D eigenvalue weighted by atomic mass is 10.2. The maximum Gasteiger partial charge on any atom is 0.413 e. The lowest BCUT2D eigenvalue weighted by Crippen LogP contribution is -2.17. The van der Waals surface area contributed by atoms with Crippen molar-refractivity contribution >= 4 is 17.9 Å². The highest BCUT2D eigenvalue weighted by Gasteiger charge is 2.19. The fourth-order valence-corrected chi connectivity index (χ4v) is 1.54. The number of carbonyl (C=O) groups excluding carboxylic acids is 1. The average Bonchev–Trinajstić information content (AvgIpc) is 2.78. The number of hydrogen-bond acceptors (Lipinski definition) is 5. The number of ether oxygens (including phenoxy) is 1. The van der Waals surface area contributed by atoms with Crippen molar-refractivity contribution in [2.75, 3.05) is 5.32 Å². The standard InChI is InChI=1S/C12H12N4O4/c1-16-9(11(17)18)10(14-15-16)13-12(19)20-7-8-5-3-2-4-6-8/h2-6H,7H2,1H3,(H,13,19)(H,17,18). The van der Waals surface area contributed by atoms with E-state index in [0.717, 1.165) is 10.2 Å². The van der Waals surface area contributed by atoms with Crippen molar-refractivity contribution < 1.29 is 19.4 Å². The first kappa shape index (κ1) is 13.5. The molecule has 104 valence electrons. The highest BCUT2D eigenvalue weighted by atomic mass is 16.5. The van der Waals surface area contributed by atoms with Crippen molar-refractivity contribution in [3.8, 4) is 0 Å². The maximum atomic E-state index is 11.6. The molecule has 8 heteroatoms. The van der Waals surface area contributed by atoms with Crippen molar-refractivity contribution in [2.45, 2.75) is 6.61 Å². The Hall–Kier alpha value is -2.90. The molecule has 0 fully saturated rings. The first-order valence-electron chi connectivity index (χ1n) is 5.68. The second kappa shape index (κ2) is 5.83. The molecule has 0 bridgehead atoms. The zero-order valence-corrected chi connectivity index (χ0v) is 10.6. The zero-order chi connectivity index (χ0) is 14.5. The number of aromatic carboxylic acids is 1. The number of aryl methyl sites for hydroxylation is 1. The summed E-state index contributed by atoms with van der Waals surface area (Å²) in [5, 5.41) is 18.3. The van der Waals surface area contributed by atoms with Gasteiger partial charge in [0.25, 0.3) is 0 Å². The molecule has 0 unspecified atom stereocenters. The van der Waals surface area contributed by atoms with Crippen molar-refractivity contribution in [3.05, 3.63) is 41.6 Å². The summed E-state index contributed by atoms with van der Waals surface area (Å²) in [6, 6.07) is 9.10. The summed E-state index contributed by atoms with van der Waals surface area (Å²) in [7, 11) is 1.41. The smallest absolute Gasteiger partial charge is 0.413 e. The quantitative estimate of drug-likeness (QED) is 0.870. The number of carboxylic acids is 1. The van der Waals surface area contributed by atoms with Gasteiger partial charge < -0.3 is 9.84 Å². The summed E-state index contributed by atoms with van der Waals surface area (Å²) < 4.78 is 6.01. The predicted molar refractivity (Wildman–Crippen MR) is 68.2 cm³/mol. The SMILES string of the molecule is Cn1nnc(NC(=O)OCc2ccccc2)c1C(=O)O. The number of nitrogens with zero attached hydrogens (tertiary/aromatic N) is 3. The Kier molecular flexibility index (Phi) is 3.94. The van der Waals surface area contributed by atoms with Crippen LogP contribution in [0.15, 0.2) is 30.3 Å². The lowest BCUT2D eigenvalue weighted by molar-refractivity contribution is 0.0686. The van der Waals surface area contributed by atoms with Crippen LogP contribution in [-0.4, -0.2) is 32.2 Å². The number of hydrogen-bond donors (Lipinski definition) is 2. The maximum absolute atomic E-state index is 11.6. The van der Waals surface area contributed by atoms with Crippen molar-refractivity contribution in [2.24, 2.45) is 7.05 Å². The van der Waals surface area contributed by atoms with Gasteiger partial charge in [0.15, 0.2) is 11.5 Å². The van der Waals surface area contributed by atoms with Gasteiger partial charge in [0, 0.05) is 7.05 Å². The Bertz CT molecular complexity index is 624. The molecule has 0 aliphatic heterocycles.